The lowest BCUT2D eigenvalue weighted by molar-refractivity contribution is -0.115. The van der Waals surface area contributed by atoms with E-state index in [0.29, 0.717) is 27.3 Å². The molecule has 1 N–H and O–H groups in total. The van der Waals surface area contributed by atoms with E-state index < -0.39 is 0 Å². The van der Waals surface area contributed by atoms with Crippen LogP contribution in [0, 0.1) is 0 Å². The number of thioether (sulfide) groups is 1. The highest BCUT2D eigenvalue weighted by Crippen LogP contribution is 2.38. The summed E-state index contributed by atoms with van der Waals surface area (Å²) in [5.74, 6) is 0.943. The zero-order chi connectivity index (χ0) is 17.8. The highest BCUT2D eigenvalue weighted by atomic mass is 79.9. The highest BCUT2D eigenvalue weighted by molar-refractivity contribution is 9.10. The molecule has 5 nitrogen and oxygen atoms in total. The van der Waals surface area contributed by atoms with Gasteiger partial charge in [0.15, 0.2) is 11.5 Å². The van der Waals surface area contributed by atoms with Gasteiger partial charge >= 0.3 is 0 Å². The molecule has 1 saturated heterocycles. The standard InChI is InChI=1S/C17H13BrN2O3S2/c1-22-13-7-10(8-14-16(21)20-17(24)25-14)6-12(18)15(13)23-9-11-4-2-3-5-19-11/h2-8H,9H2,1H3,(H,20,21,24)/b14-8-. The van der Waals surface area contributed by atoms with Crippen LogP contribution in [0.4, 0.5) is 0 Å². The SMILES string of the molecule is COc1cc(/C=C2\SC(=S)NC2=O)cc(Br)c1OCc1ccccn1. The second-order valence-electron chi connectivity index (χ2n) is 5.00. The van der Waals surface area contributed by atoms with Crippen LogP contribution < -0.4 is 14.8 Å². The number of carbonyl (C=O) groups excluding carboxylic acids is 1. The third-order valence-electron chi connectivity index (χ3n) is 3.28. The van der Waals surface area contributed by atoms with Crippen molar-refractivity contribution in [3.05, 3.63) is 57.2 Å². The van der Waals surface area contributed by atoms with Crippen molar-refractivity contribution in [3.63, 3.8) is 0 Å². The number of ether oxygens (including phenoxy) is 2. The topological polar surface area (TPSA) is 60.5 Å². The van der Waals surface area contributed by atoms with Gasteiger partial charge in [-0.15, -0.1) is 0 Å². The Morgan fingerprint density at radius 1 is 1.40 bits per heavy atom. The Labute approximate surface area is 162 Å². The number of carbonyl (C=O) groups is 1. The minimum absolute atomic E-state index is 0.194. The van der Waals surface area contributed by atoms with E-state index in [1.54, 1.807) is 25.4 Å². The molecule has 1 fully saturated rings. The van der Waals surface area contributed by atoms with Gasteiger partial charge in [0.25, 0.3) is 5.91 Å². The largest absolute Gasteiger partial charge is 0.493 e. The number of halogens is 1. The Kier molecular flexibility index (Phi) is 5.72. The van der Waals surface area contributed by atoms with Crippen molar-refractivity contribution in [2.45, 2.75) is 6.61 Å². The molecule has 0 atom stereocenters. The predicted octanol–water partition coefficient (Wildman–Crippen LogP) is 3.92. The zero-order valence-electron chi connectivity index (χ0n) is 13.1. The average molecular weight is 437 g/mol. The maximum absolute atomic E-state index is 11.8. The molecule has 3 rings (SSSR count). The first-order valence-corrected chi connectivity index (χ1v) is 9.23. The second kappa shape index (κ2) is 7.99. The van der Waals surface area contributed by atoms with E-state index in [2.05, 4.69) is 26.2 Å². The number of hydrogen-bond donors (Lipinski definition) is 1. The molecule has 8 heteroatoms. The lowest BCUT2D eigenvalue weighted by atomic mass is 10.2. The van der Waals surface area contributed by atoms with Crippen molar-refractivity contribution in [1.82, 2.24) is 10.3 Å². The van der Waals surface area contributed by atoms with Gasteiger partial charge in [-0.3, -0.25) is 9.78 Å². The molecule has 1 aliphatic rings. The predicted molar refractivity (Wildman–Crippen MR) is 106 cm³/mol. The van der Waals surface area contributed by atoms with Crippen LogP contribution >= 0.6 is 39.9 Å². The first kappa shape index (κ1) is 17.9. The van der Waals surface area contributed by atoms with Crippen LogP contribution in [0.2, 0.25) is 0 Å². The molecular weight excluding hydrogens is 424 g/mol. The number of benzene rings is 1. The number of pyridine rings is 1. The fourth-order valence-electron chi connectivity index (χ4n) is 2.17. The van der Waals surface area contributed by atoms with Gasteiger partial charge in [-0.05, 0) is 51.8 Å². The summed E-state index contributed by atoms with van der Waals surface area (Å²) >= 11 is 9.73. The summed E-state index contributed by atoms with van der Waals surface area (Å²) in [7, 11) is 1.57. The second-order valence-corrected chi connectivity index (χ2v) is 7.57. The maximum atomic E-state index is 11.8. The monoisotopic (exact) mass is 436 g/mol. The van der Waals surface area contributed by atoms with Gasteiger partial charge in [-0.2, -0.15) is 0 Å². The Morgan fingerprint density at radius 3 is 2.88 bits per heavy atom. The van der Waals surface area contributed by atoms with Crippen LogP contribution in [-0.4, -0.2) is 22.3 Å². The summed E-state index contributed by atoms with van der Waals surface area (Å²) < 4.78 is 12.5. The summed E-state index contributed by atoms with van der Waals surface area (Å²) in [6.45, 7) is 0.322. The molecule has 1 amide bonds. The molecule has 0 unspecified atom stereocenters. The van der Waals surface area contributed by atoms with Crippen LogP contribution in [0.1, 0.15) is 11.3 Å². The summed E-state index contributed by atoms with van der Waals surface area (Å²) in [5, 5.41) is 2.59. The number of nitrogens with zero attached hydrogens (tertiary/aromatic N) is 1. The molecule has 0 bridgehead atoms. The van der Waals surface area contributed by atoms with E-state index in [4.69, 9.17) is 21.7 Å². The minimum Gasteiger partial charge on any atom is -0.493 e. The van der Waals surface area contributed by atoms with E-state index in [1.807, 2.05) is 24.3 Å². The van der Waals surface area contributed by atoms with Gasteiger partial charge in [-0.1, -0.05) is 30.0 Å². The lowest BCUT2D eigenvalue weighted by Crippen LogP contribution is -2.17. The van der Waals surface area contributed by atoms with E-state index in [0.717, 1.165) is 15.7 Å². The van der Waals surface area contributed by atoms with Crippen molar-refractivity contribution in [3.8, 4) is 11.5 Å². The number of methoxy groups -OCH3 is 1. The molecule has 1 aromatic heterocycles. The normalized spacial score (nSPS) is 15.4. The molecule has 25 heavy (non-hydrogen) atoms. The van der Waals surface area contributed by atoms with Crippen LogP contribution in [-0.2, 0) is 11.4 Å². The summed E-state index contributed by atoms with van der Waals surface area (Å²) in [5.41, 5.74) is 1.62. The Hall–Kier alpha value is -1.90. The van der Waals surface area contributed by atoms with Crippen molar-refractivity contribution in [2.75, 3.05) is 7.11 Å². The summed E-state index contributed by atoms with van der Waals surface area (Å²) in [6.07, 6.45) is 3.48. The zero-order valence-corrected chi connectivity index (χ0v) is 16.3. The lowest BCUT2D eigenvalue weighted by Gasteiger charge is -2.13. The first-order valence-electron chi connectivity index (χ1n) is 7.22. The van der Waals surface area contributed by atoms with Crippen LogP contribution in [0.5, 0.6) is 11.5 Å². The maximum Gasteiger partial charge on any atom is 0.263 e. The fourth-order valence-corrected chi connectivity index (χ4v) is 3.78. The Morgan fingerprint density at radius 2 is 2.24 bits per heavy atom. The number of amides is 1. The highest BCUT2D eigenvalue weighted by Gasteiger charge is 2.22. The molecule has 1 aliphatic heterocycles. The van der Waals surface area contributed by atoms with Crippen LogP contribution in [0.25, 0.3) is 6.08 Å². The molecule has 2 aromatic rings. The molecule has 1 aromatic carbocycles. The Balaban J connectivity index is 1.85. The Bertz CT molecular complexity index is 856. The molecule has 2 heterocycles. The van der Waals surface area contributed by atoms with Gasteiger partial charge in [0.2, 0.25) is 0 Å². The summed E-state index contributed by atoms with van der Waals surface area (Å²) in [4.78, 5) is 16.6. The van der Waals surface area contributed by atoms with Crippen LogP contribution in [0.15, 0.2) is 45.9 Å². The first-order chi connectivity index (χ1) is 12.1. The molecule has 0 aliphatic carbocycles. The third kappa shape index (κ3) is 4.39. The fraction of sp³-hybridized carbons (Fsp3) is 0.118. The van der Waals surface area contributed by atoms with Crippen molar-refractivity contribution < 1.29 is 14.3 Å². The quantitative estimate of drug-likeness (QED) is 0.565. The van der Waals surface area contributed by atoms with Gasteiger partial charge < -0.3 is 14.8 Å². The van der Waals surface area contributed by atoms with Crippen molar-refractivity contribution in [2.24, 2.45) is 0 Å². The van der Waals surface area contributed by atoms with E-state index in [9.17, 15) is 4.79 Å². The molecule has 0 spiro atoms. The molecule has 0 radical (unpaired) electrons. The van der Waals surface area contributed by atoms with Crippen molar-refractivity contribution >= 4 is 56.2 Å². The number of thiocarbonyl (C=S) groups is 1. The third-order valence-corrected chi connectivity index (χ3v) is 5.03. The van der Waals surface area contributed by atoms with Crippen LogP contribution in [0.3, 0.4) is 0 Å². The van der Waals surface area contributed by atoms with Gasteiger partial charge in [-0.25, -0.2) is 0 Å². The molecular formula is C17H13BrN2O3S2. The van der Waals surface area contributed by atoms with Gasteiger partial charge in [0.05, 0.1) is 22.2 Å². The number of hydrogen-bond acceptors (Lipinski definition) is 6. The smallest absolute Gasteiger partial charge is 0.263 e. The summed E-state index contributed by atoms with van der Waals surface area (Å²) in [6, 6.07) is 9.31. The molecule has 0 saturated carbocycles. The van der Waals surface area contributed by atoms with E-state index >= 15 is 0 Å². The number of rotatable bonds is 5. The number of aromatic nitrogens is 1. The molecule has 128 valence electrons. The van der Waals surface area contributed by atoms with E-state index in [1.165, 1.54) is 11.8 Å². The minimum atomic E-state index is -0.194. The number of nitrogens with one attached hydrogen (secondary N) is 1. The van der Waals surface area contributed by atoms with Gasteiger partial charge in [0.1, 0.15) is 10.9 Å². The van der Waals surface area contributed by atoms with Crippen molar-refractivity contribution in [1.29, 1.82) is 0 Å². The van der Waals surface area contributed by atoms with Gasteiger partial charge in [0, 0.05) is 6.20 Å². The average Bonchev–Trinajstić information content (AvgIpc) is 2.91. The van der Waals surface area contributed by atoms with E-state index in [-0.39, 0.29) is 5.91 Å².